The zero-order valence-electron chi connectivity index (χ0n) is 12.0. The fourth-order valence-electron chi connectivity index (χ4n) is 1.85. The number of nitrogens with zero attached hydrogens (tertiary/aromatic N) is 1. The fraction of sp³-hybridized carbons (Fsp3) is 0.200. The van der Waals surface area contributed by atoms with Crippen molar-refractivity contribution in [1.82, 2.24) is 0 Å². The Hall–Kier alpha value is -2.34. The van der Waals surface area contributed by atoms with Crippen LogP contribution in [0.25, 0.3) is 0 Å². The van der Waals surface area contributed by atoms with E-state index in [1.54, 1.807) is 13.8 Å². The molecule has 1 fully saturated rings. The highest BCUT2D eigenvalue weighted by atomic mass is 35.5. The summed E-state index contributed by atoms with van der Waals surface area (Å²) < 4.78 is 24.5. The van der Waals surface area contributed by atoms with Crippen molar-refractivity contribution in [2.75, 3.05) is 11.5 Å². The molecule has 1 saturated heterocycles. The van der Waals surface area contributed by atoms with Crippen molar-refractivity contribution in [3.05, 3.63) is 47.0 Å². The minimum atomic E-state index is -0.975. The number of ether oxygens (including phenoxy) is 2. The Labute approximate surface area is 131 Å². The van der Waals surface area contributed by atoms with Crippen molar-refractivity contribution >= 4 is 29.3 Å². The van der Waals surface area contributed by atoms with E-state index in [1.807, 2.05) is 0 Å². The van der Waals surface area contributed by atoms with Crippen molar-refractivity contribution in [2.45, 2.75) is 13.8 Å². The van der Waals surface area contributed by atoms with E-state index < -0.39 is 17.8 Å². The Morgan fingerprint density at radius 2 is 2.14 bits per heavy atom. The standard InChI is InChI=1S/C15H13ClFNO4/c1-4-7-21-13-9(16)5-6-10(11(13)17)18-14(19)12(8(2)3)22-15(18)20/h4-6H,1,7H2,2-3H3. The monoisotopic (exact) mass is 325 g/mol. The van der Waals surface area contributed by atoms with Crippen LogP contribution in [0.3, 0.4) is 0 Å². The van der Waals surface area contributed by atoms with E-state index in [0.717, 1.165) is 0 Å². The maximum absolute atomic E-state index is 14.5. The number of cyclic esters (lactones) is 1. The van der Waals surface area contributed by atoms with Gasteiger partial charge >= 0.3 is 12.0 Å². The van der Waals surface area contributed by atoms with Crippen LogP contribution < -0.4 is 9.64 Å². The molecule has 0 bridgehead atoms. The predicted molar refractivity (Wildman–Crippen MR) is 79.4 cm³/mol. The summed E-state index contributed by atoms with van der Waals surface area (Å²) in [6.45, 7) is 6.70. The molecule has 1 heterocycles. The Morgan fingerprint density at radius 1 is 1.45 bits per heavy atom. The van der Waals surface area contributed by atoms with Crippen LogP contribution in [0.1, 0.15) is 13.8 Å². The van der Waals surface area contributed by atoms with E-state index >= 15 is 0 Å². The van der Waals surface area contributed by atoms with Crippen molar-refractivity contribution in [3.8, 4) is 5.75 Å². The first-order valence-electron chi connectivity index (χ1n) is 6.34. The molecule has 5 nitrogen and oxygen atoms in total. The van der Waals surface area contributed by atoms with E-state index in [0.29, 0.717) is 10.5 Å². The van der Waals surface area contributed by atoms with Gasteiger partial charge in [-0.2, -0.15) is 0 Å². The lowest BCUT2D eigenvalue weighted by molar-refractivity contribution is -0.114. The van der Waals surface area contributed by atoms with Crippen LogP contribution in [0.5, 0.6) is 5.75 Å². The molecule has 1 aliphatic heterocycles. The molecule has 7 heteroatoms. The molecule has 0 saturated carbocycles. The highest BCUT2D eigenvalue weighted by molar-refractivity contribution is 6.32. The van der Waals surface area contributed by atoms with Gasteiger partial charge in [-0.15, -0.1) is 0 Å². The van der Waals surface area contributed by atoms with Crippen LogP contribution in [0.2, 0.25) is 5.02 Å². The summed E-state index contributed by atoms with van der Waals surface area (Å²) >= 11 is 5.87. The second kappa shape index (κ2) is 6.19. The van der Waals surface area contributed by atoms with Crippen LogP contribution in [0.4, 0.5) is 14.9 Å². The zero-order chi connectivity index (χ0) is 16.4. The number of hydrogen-bond donors (Lipinski definition) is 0. The number of halogens is 2. The molecule has 2 amide bonds. The highest BCUT2D eigenvalue weighted by Crippen LogP contribution is 2.37. The van der Waals surface area contributed by atoms with Crippen molar-refractivity contribution in [2.24, 2.45) is 0 Å². The van der Waals surface area contributed by atoms with E-state index in [1.165, 1.54) is 18.2 Å². The van der Waals surface area contributed by atoms with Gasteiger partial charge in [0.1, 0.15) is 6.61 Å². The molecular weight excluding hydrogens is 313 g/mol. The van der Waals surface area contributed by atoms with Crippen LogP contribution in [-0.2, 0) is 9.53 Å². The van der Waals surface area contributed by atoms with Crippen molar-refractivity contribution < 1.29 is 23.5 Å². The van der Waals surface area contributed by atoms with Gasteiger partial charge in [-0.3, -0.25) is 4.79 Å². The first kappa shape index (κ1) is 16.0. The number of rotatable bonds is 4. The molecular formula is C15H13ClFNO4. The average Bonchev–Trinajstić information content (AvgIpc) is 2.75. The minimum absolute atomic E-state index is 0.0190. The van der Waals surface area contributed by atoms with Gasteiger partial charge < -0.3 is 9.47 Å². The second-order valence-corrected chi connectivity index (χ2v) is 5.05. The van der Waals surface area contributed by atoms with Gasteiger partial charge in [-0.25, -0.2) is 14.1 Å². The number of allylic oxidation sites excluding steroid dienone is 1. The third-order valence-corrected chi connectivity index (χ3v) is 3.14. The molecule has 1 aliphatic rings. The van der Waals surface area contributed by atoms with Gasteiger partial charge in [0.2, 0.25) is 0 Å². The smallest absolute Gasteiger partial charge is 0.427 e. The van der Waals surface area contributed by atoms with Crippen LogP contribution >= 0.6 is 11.6 Å². The van der Waals surface area contributed by atoms with Gasteiger partial charge in [0.25, 0.3) is 0 Å². The number of carbonyl (C=O) groups excluding carboxylic acids is 2. The average molecular weight is 326 g/mol. The van der Waals surface area contributed by atoms with Gasteiger partial charge in [0.05, 0.1) is 10.7 Å². The summed E-state index contributed by atoms with van der Waals surface area (Å²) in [6, 6.07) is 2.55. The first-order valence-corrected chi connectivity index (χ1v) is 6.71. The number of carbonyl (C=O) groups is 2. The van der Waals surface area contributed by atoms with Crippen LogP contribution in [-0.4, -0.2) is 18.6 Å². The number of anilines is 1. The summed E-state index contributed by atoms with van der Waals surface area (Å²) in [5, 5.41) is 0.0190. The van der Waals surface area contributed by atoms with Gasteiger partial charge in [-0.1, -0.05) is 24.3 Å². The van der Waals surface area contributed by atoms with E-state index in [4.69, 9.17) is 21.1 Å². The molecule has 0 unspecified atom stereocenters. The van der Waals surface area contributed by atoms with Crippen LogP contribution in [0.15, 0.2) is 36.1 Å². The molecule has 0 N–H and O–H groups in total. The van der Waals surface area contributed by atoms with Gasteiger partial charge in [0.15, 0.2) is 17.3 Å². The summed E-state index contributed by atoms with van der Waals surface area (Å²) in [5.41, 5.74) is 0.230. The summed E-state index contributed by atoms with van der Waals surface area (Å²) in [7, 11) is 0. The van der Waals surface area contributed by atoms with Crippen molar-refractivity contribution in [3.63, 3.8) is 0 Å². The quantitative estimate of drug-likeness (QED) is 0.623. The summed E-state index contributed by atoms with van der Waals surface area (Å²) in [4.78, 5) is 24.6. The molecule has 116 valence electrons. The molecule has 1 aromatic rings. The minimum Gasteiger partial charge on any atom is -0.485 e. The third kappa shape index (κ3) is 2.69. The summed E-state index contributed by atoms with van der Waals surface area (Å²) in [6.07, 6.45) is 0.441. The lowest BCUT2D eigenvalue weighted by Gasteiger charge is -2.15. The molecule has 0 spiro atoms. The molecule has 0 radical (unpaired) electrons. The predicted octanol–water partition coefficient (Wildman–Crippen LogP) is 3.82. The molecule has 0 atom stereocenters. The Bertz CT molecular complexity index is 695. The van der Waals surface area contributed by atoms with E-state index in [9.17, 15) is 14.0 Å². The topological polar surface area (TPSA) is 55.8 Å². The highest BCUT2D eigenvalue weighted by Gasteiger charge is 2.40. The maximum Gasteiger partial charge on any atom is 0.427 e. The van der Waals surface area contributed by atoms with E-state index in [2.05, 4.69) is 6.58 Å². The molecule has 0 aromatic heterocycles. The normalized spacial score (nSPS) is 14.2. The van der Waals surface area contributed by atoms with Crippen molar-refractivity contribution in [1.29, 1.82) is 0 Å². The second-order valence-electron chi connectivity index (χ2n) is 4.65. The Balaban J connectivity index is 2.50. The molecule has 2 rings (SSSR count). The van der Waals surface area contributed by atoms with Gasteiger partial charge in [0, 0.05) is 0 Å². The number of imide groups is 1. The Kier molecular flexibility index (Phi) is 4.51. The van der Waals surface area contributed by atoms with Gasteiger partial charge in [-0.05, 0) is 31.6 Å². The number of hydrogen-bond acceptors (Lipinski definition) is 4. The first-order chi connectivity index (χ1) is 10.4. The molecule has 0 aliphatic carbocycles. The molecule has 22 heavy (non-hydrogen) atoms. The largest absolute Gasteiger partial charge is 0.485 e. The fourth-order valence-corrected chi connectivity index (χ4v) is 2.05. The molecule has 1 aromatic carbocycles. The lowest BCUT2D eigenvalue weighted by Crippen LogP contribution is -2.29. The number of amides is 2. The zero-order valence-corrected chi connectivity index (χ0v) is 12.7. The third-order valence-electron chi connectivity index (χ3n) is 2.84. The van der Waals surface area contributed by atoms with E-state index in [-0.39, 0.29) is 28.8 Å². The SMILES string of the molecule is C=CCOc1c(Cl)ccc(N2C(=O)OC(=C(C)C)C2=O)c1F. The maximum atomic E-state index is 14.5. The number of benzene rings is 1. The summed E-state index contributed by atoms with van der Waals surface area (Å²) in [5.74, 6) is -2.03. The Morgan fingerprint density at radius 3 is 2.68 bits per heavy atom. The van der Waals surface area contributed by atoms with Crippen LogP contribution in [0, 0.1) is 5.82 Å². The lowest BCUT2D eigenvalue weighted by atomic mass is 10.2.